The third kappa shape index (κ3) is 8.33. The van der Waals surface area contributed by atoms with Gasteiger partial charge in [-0.2, -0.15) is 0 Å². The van der Waals surface area contributed by atoms with E-state index in [-0.39, 0.29) is 0 Å². The first-order valence-corrected chi connectivity index (χ1v) is 7.66. The summed E-state index contributed by atoms with van der Waals surface area (Å²) in [6.45, 7) is 9.89. The molecule has 0 fully saturated rings. The molecular formula is C18H26N2O2. The Morgan fingerprint density at radius 3 is 2.77 bits per heavy atom. The van der Waals surface area contributed by atoms with Gasteiger partial charge in [-0.25, -0.2) is 4.79 Å². The van der Waals surface area contributed by atoms with E-state index in [1.807, 2.05) is 32.9 Å². The molecule has 0 radical (unpaired) electrons. The van der Waals surface area contributed by atoms with Gasteiger partial charge in [-0.1, -0.05) is 30.9 Å². The van der Waals surface area contributed by atoms with Crippen LogP contribution in [0.5, 0.6) is 0 Å². The number of amides is 1. The molecule has 1 aromatic rings. The SMILES string of the molecule is CCNCc1cccc(C#CCCNC(=O)OC(C)(C)C)c1. The van der Waals surface area contributed by atoms with Gasteiger partial charge in [-0.3, -0.25) is 0 Å². The van der Waals surface area contributed by atoms with Crippen LogP contribution in [0.4, 0.5) is 4.79 Å². The van der Waals surface area contributed by atoms with Crippen LogP contribution in [0.3, 0.4) is 0 Å². The highest BCUT2D eigenvalue weighted by molar-refractivity contribution is 5.67. The number of carbonyl (C=O) groups is 1. The zero-order valence-corrected chi connectivity index (χ0v) is 14.0. The maximum Gasteiger partial charge on any atom is 0.407 e. The second-order valence-electron chi connectivity index (χ2n) is 5.96. The summed E-state index contributed by atoms with van der Waals surface area (Å²) >= 11 is 0. The largest absolute Gasteiger partial charge is 0.444 e. The minimum Gasteiger partial charge on any atom is -0.444 e. The van der Waals surface area contributed by atoms with E-state index in [1.165, 1.54) is 5.56 Å². The number of ether oxygens (including phenoxy) is 1. The van der Waals surface area contributed by atoms with Crippen molar-refractivity contribution in [1.29, 1.82) is 0 Å². The first kappa shape index (κ1) is 18.1. The van der Waals surface area contributed by atoms with Crippen LogP contribution in [0.15, 0.2) is 24.3 Å². The van der Waals surface area contributed by atoms with E-state index in [1.54, 1.807) is 0 Å². The maximum absolute atomic E-state index is 11.4. The molecule has 0 aliphatic rings. The molecule has 1 rings (SSSR count). The van der Waals surface area contributed by atoms with Crippen LogP contribution in [0.1, 0.15) is 45.2 Å². The molecule has 0 aromatic heterocycles. The lowest BCUT2D eigenvalue weighted by atomic mass is 10.1. The van der Waals surface area contributed by atoms with Crippen molar-refractivity contribution in [3.8, 4) is 11.8 Å². The van der Waals surface area contributed by atoms with Gasteiger partial charge in [0, 0.05) is 25.1 Å². The molecule has 0 aliphatic carbocycles. The fraction of sp³-hybridized carbons (Fsp3) is 0.500. The van der Waals surface area contributed by atoms with Gasteiger partial charge in [0.05, 0.1) is 0 Å². The summed E-state index contributed by atoms with van der Waals surface area (Å²) in [4.78, 5) is 11.4. The summed E-state index contributed by atoms with van der Waals surface area (Å²) in [5.41, 5.74) is 1.75. The van der Waals surface area contributed by atoms with Gasteiger partial charge >= 0.3 is 6.09 Å². The zero-order valence-electron chi connectivity index (χ0n) is 14.0. The standard InChI is InChI=1S/C18H26N2O2/c1-5-19-14-16-11-8-10-15(13-16)9-6-7-12-20-17(21)22-18(2,3)4/h8,10-11,13,19H,5,7,12,14H2,1-4H3,(H,20,21). The Morgan fingerprint density at radius 2 is 2.09 bits per heavy atom. The third-order valence-electron chi connectivity index (χ3n) is 2.66. The van der Waals surface area contributed by atoms with Crippen LogP contribution >= 0.6 is 0 Å². The topological polar surface area (TPSA) is 50.4 Å². The molecule has 120 valence electrons. The highest BCUT2D eigenvalue weighted by atomic mass is 16.6. The van der Waals surface area contributed by atoms with Crippen LogP contribution in [0, 0.1) is 11.8 Å². The Hall–Kier alpha value is -1.99. The van der Waals surface area contributed by atoms with Crippen molar-refractivity contribution < 1.29 is 9.53 Å². The fourth-order valence-corrected chi connectivity index (χ4v) is 1.73. The van der Waals surface area contributed by atoms with Crippen molar-refractivity contribution in [2.24, 2.45) is 0 Å². The van der Waals surface area contributed by atoms with E-state index in [2.05, 4.69) is 41.5 Å². The summed E-state index contributed by atoms with van der Waals surface area (Å²) < 4.78 is 5.15. The Labute approximate surface area is 133 Å². The van der Waals surface area contributed by atoms with Crippen molar-refractivity contribution in [2.45, 2.75) is 46.3 Å². The third-order valence-corrected chi connectivity index (χ3v) is 2.66. The smallest absolute Gasteiger partial charge is 0.407 e. The summed E-state index contributed by atoms with van der Waals surface area (Å²) in [6.07, 6.45) is 0.193. The average molecular weight is 302 g/mol. The van der Waals surface area contributed by atoms with Crippen LogP contribution in [-0.4, -0.2) is 24.8 Å². The van der Waals surface area contributed by atoms with Gasteiger partial charge in [-0.05, 0) is 45.0 Å². The molecule has 0 aliphatic heterocycles. The van der Waals surface area contributed by atoms with Gasteiger partial charge in [0.1, 0.15) is 5.60 Å². The van der Waals surface area contributed by atoms with Crippen molar-refractivity contribution in [2.75, 3.05) is 13.1 Å². The predicted molar refractivity (Wildman–Crippen MR) is 89.6 cm³/mol. The monoisotopic (exact) mass is 302 g/mol. The van der Waals surface area contributed by atoms with E-state index >= 15 is 0 Å². The summed E-state index contributed by atoms with van der Waals surface area (Å²) in [5, 5.41) is 5.98. The number of carbonyl (C=O) groups excluding carboxylic acids is 1. The van der Waals surface area contributed by atoms with E-state index in [4.69, 9.17) is 4.74 Å². The number of hydrogen-bond acceptors (Lipinski definition) is 3. The lowest BCUT2D eigenvalue weighted by molar-refractivity contribution is 0.0529. The highest BCUT2D eigenvalue weighted by Gasteiger charge is 2.15. The highest BCUT2D eigenvalue weighted by Crippen LogP contribution is 2.06. The second-order valence-corrected chi connectivity index (χ2v) is 5.96. The van der Waals surface area contributed by atoms with E-state index in [0.717, 1.165) is 18.7 Å². The second kappa shape index (κ2) is 9.11. The zero-order chi connectivity index (χ0) is 16.4. The van der Waals surface area contributed by atoms with Crippen LogP contribution in [0.25, 0.3) is 0 Å². The predicted octanol–water partition coefficient (Wildman–Crippen LogP) is 3.06. The quantitative estimate of drug-likeness (QED) is 0.649. The van der Waals surface area contributed by atoms with Crippen molar-refractivity contribution >= 4 is 6.09 Å². The van der Waals surface area contributed by atoms with E-state index < -0.39 is 11.7 Å². The molecule has 4 nitrogen and oxygen atoms in total. The number of hydrogen-bond donors (Lipinski definition) is 2. The molecule has 1 amide bonds. The molecule has 0 saturated carbocycles. The van der Waals surface area contributed by atoms with Crippen LogP contribution in [0.2, 0.25) is 0 Å². The molecule has 0 unspecified atom stereocenters. The Bertz CT molecular complexity index is 536. The molecular weight excluding hydrogens is 276 g/mol. The van der Waals surface area contributed by atoms with E-state index in [0.29, 0.717) is 13.0 Å². The first-order chi connectivity index (χ1) is 10.4. The molecule has 2 N–H and O–H groups in total. The molecule has 1 aromatic carbocycles. The van der Waals surface area contributed by atoms with Crippen LogP contribution < -0.4 is 10.6 Å². The Morgan fingerprint density at radius 1 is 1.32 bits per heavy atom. The summed E-state index contributed by atoms with van der Waals surface area (Å²) in [5.74, 6) is 6.18. The lowest BCUT2D eigenvalue weighted by Gasteiger charge is -2.19. The van der Waals surface area contributed by atoms with Gasteiger partial charge in [0.25, 0.3) is 0 Å². The maximum atomic E-state index is 11.4. The molecule has 0 spiro atoms. The molecule has 0 heterocycles. The molecule has 0 atom stereocenters. The number of alkyl carbamates (subject to hydrolysis) is 1. The molecule has 22 heavy (non-hydrogen) atoms. The average Bonchev–Trinajstić information content (AvgIpc) is 2.43. The Kier molecular flexibility index (Phi) is 7.48. The summed E-state index contributed by atoms with van der Waals surface area (Å²) in [6, 6.07) is 8.16. The number of rotatable bonds is 5. The number of benzene rings is 1. The minimum absolute atomic E-state index is 0.401. The van der Waals surface area contributed by atoms with Crippen molar-refractivity contribution in [3.05, 3.63) is 35.4 Å². The Balaban J connectivity index is 2.37. The minimum atomic E-state index is -0.470. The van der Waals surface area contributed by atoms with Gasteiger partial charge < -0.3 is 15.4 Å². The van der Waals surface area contributed by atoms with Gasteiger partial charge in [0.15, 0.2) is 0 Å². The first-order valence-electron chi connectivity index (χ1n) is 7.66. The van der Waals surface area contributed by atoms with Gasteiger partial charge in [0.2, 0.25) is 0 Å². The summed E-state index contributed by atoms with van der Waals surface area (Å²) in [7, 11) is 0. The fourth-order valence-electron chi connectivity index (χ4n) is 1.73. The van der Waals surface area contributed by atoms with Gasteiger partial charge in [-0.15, -0.1) is 0 Å². The molecule has 0 bridgehead atoms. The molecule has 4 heteroatoms. The number of nitrogens with one attached hydrogen (secondary N) is 2. The van der Waals surface area contributed by atoms with Crippen molar-refractivity contribution in [1.82, 2.24) is 10.6 Å². The van der Waals surface area contributed by atoms with E-state index in [9.17, 15) is 4.79 Å². The molecule has 0 saturated heterocycles. The van der Waals surface area contributed by atoms with Crippen LogP contribution in [-0.2, 0) is 11.3 Å². The lowest BCUT2D eigenvalue weighted by Crippen LogP contribution is -2.32. The normalized spacial score (nSPS) is 10.5. The van der Waals surface area contributed by atoms with Crippen molar-refractivity contribution in [3.63, 3.8) is 0 Å².